The molecule has 0 bridgehead atoms. The Morgan fingerprint density at radius 2 is 0.897 bits per heavy atom. The maximum absolute atomic E-state index is 4.59. The fraction of sp³-hybridized carbons (Fsp3) is 0.231. The summed E-state index contributed by atoms with van der Waals surface area (Å²) in [7, 11) is 0. The molecule has 0 fully saturated rings. The number of rotatable bonds is 3. The molecule has 0 aliphatic rings. The SMILES string of the molecule is CC.CC.CC.c1ccc(-c2ccc(-c3nc(-c4ccccc4)n[nH]3)cc2)cc1. The van der Waals surface area contributed by atoms with E-state index < -0.39 is 0 Å². The number of nitrogens with one attached hydrogen (secondary N) is 1. The van der Waals surface area contributed by atoms with E-state index in [1.165, 1.54) is 11.1 Å². The molecular weight excluding hydrogens is 354 g/mol. The van der Waals surface area contributed by atoms with Crippen molar-refractivity contribution in [3.05, 3.63) is 84.9 Å². The van der Waals surface area contributed by atoms with Gasteiger partial charge < -0.3 is 0 Å². The Hall–Kier alpha value is -3.20. The first-order valence-electron chi connectivity index (χ1n) is 10.5. The molecule has 0 amide bonds. The maximum Gasteiger partial charge on any atom is 0.181 e. The Bertz CT molecular complexity index is 896. The topological polar surface area (TPSA) is 41.6 Å². The van der Waals surface area contributed by atoms with Gasteiger partial charge in [0.25, 0.3) is 0 Å². The van der Waals surface area contributed by atoms with Gasteiger partial charge in [-0.15, -0.1) is 0 Å². The number of aromatic nitrogens is 3. The number of hydrogen-bond donors (Lipinski definition) is 1. The first kappa shape index (κ1) is 23.8. The zero-order valence-electron chi connectivity index (χ0n) is 18.5. The second kappa shape index (κ2) is 13.9. The molecule has 0 saturated heterocycles. The molecule has 4 rings (SSSR count). The minimum atomic E-state index is 0.715. The van der Waals surface area contributed by atoms with Gasteiger partial charge in [-0.05, 0) is 11.1 Å². The van der Waals surface area contributed by atoms with E-state index in [1.807, 2.05) is 90.1 Å². The smallest absolute Gasteiger partial charge is 0.181 e. The number of H-pyrrole nitrogens is 1. The van der Waals surface area contributed by atoms with Crippen molar-refractivity contribution in [2.24, 2.45) is 0 Å². The van der Waals surface area contributed by atoms with Crippen LogP contribution in [-0.4, -0.2) is 15.2 Å². The Labute approximate surface area is 175 Å². The third-order valence-electron chi connectivity index (χ3n) is 3.78. The van der Waals surface area contributed by atoms with Gasteiger partial charge in [-0.1, -0.05) is 126 Å². The highest BCUT2D eigenvalue weighted by atomic mass is 15.2. The summed E-state index contributed by atoms with van der Waals surface area (Å²) in [4.78, 5) is 4.59. The van der Waals surface area contributed by atoms with Crippen molar-refractivity contribution < 1.29 is 0 Å². The van der Waals surface area contributed by atoms with E-state index in [9.17, 15) is 0 Å². The third-order valence-corrected chi connectivity index (χ3v) is 3.78. The highest BCUT2D eigenvalue weighted by molar-refractivity contribution is 5.68. The highest BCUT2D eigenvalue weighted by Gasteiger charge is 2.07. The van der Waals surface area contributed by atoms with Crippen LogP contribution in [0, 0.1) is 0 Å². The Morgan fingerprint density at radius 3 is 1.41 bits per heavy atom. The first-order chi connectivity index (χ1) is 14.4. The van der Waals surface area contributed by atoms with Crippen LogP contribution in [0.2, 0.25) is 0 Å². The van der Waals surface area contributed by atoms with Crippen LogP contribution < -0.4 is 0 Å². The maximum atomic E-state index is 4.59. The average molecular weight is 388 g/mol. The van der Waals surface area contributed by atoms with Gasteiger partial charge >= 0.3 is 0 Å². The third kappa shape index (κ3) is 6.72. The predicted octanol–water partition coefficient (Wildman–Crippen LogP) is 7.88. The van der Waals surface area contributed by atoms with Gasteiger partial charge in [0.15, 0.2) is 11.6 Å². The van der Waals surface area contributed by atoms with Gasteiger partial charge in [0.1, 0.15) is 0 Å². The molecule has 1 aromatic heterocycles. The lowest BCUT2D eigenvalue weighted by molar-refractivity contribution is 1.10. The van der Waals surface area contributed by atoms with Crippen LogP contribution >= 0.6 is 0 Å². The normalized spacial score (nSPS) is 9.03. The lowest BCUT2D eigenvalue weighted by Crippen LogP contribution is -1.82. The van der Waals surface area contributed by atoms with Crippen LogP contribution in [0.15, 0.2) is 84.9 Å². The zero-order valence-corrected chi connectivity index (χ0v) is 18.5. The first-order valence-corrected chi connectivity index (χ1v) is 10.5. The quantitative estimate of drug-likeness (QED) is 0.388. The van der Waals surface area contributed by atoms with E-state index in [2.05, 4.69) is 51.6 Å². The van der Waals surface area contributed by atoms with E-state index in [0.717, 1.165) is 17.0 Å². The summed E-state index contributed by atoms with van der Waals surface area (Å²) in [5.41, 5.74) is 4.44. The molecule has 0 spiro atoms. The van der Waals surface area contributed by atoms with Gasteiger partial charge in [-0.3, -0.25) is 5.10 Å². The minimum absolute atomic E-state index is 0.715. The van der Waals surface area contributed by atoms with Crippen LogP contribution in [0.25, 0.3) is 33.9 Å². The molecule has 0 radical (unpaired) electrons. The molecule has 0 aliphatic carbocycles. The van der Waals surface area contributed by atoms with Gasteiger partial charge in [0.2, 0.25) is 0 Å². The fourth-order valence-corrected chi connectivity index (χ4v) is 2.56. The summed E-state index contributed by atoms with van der Waals surface area (Å²) in [6.45, 7) is 12.0. The molecule has 1 N–H and O–H groups in total. The molecule has 0 unspecified atom stereocenters. The molecule has 0 aliphatic heterocycles. The molecule has 152 valence electrons. The van der Waals surface area contributed by atoms with Crippen LogP contribution in [0.4, 0.5) is 0 Å². The van der Waals surface area contributed by atoms with Crippen molar-refractivity contribution >= 4 is 0 Å². The van der Waals surface area contributed by atoms with Crippen LogP contribution in [0.5, 0.6) is 0 Å². The zero-order chi connectivity index (χ0) is 21.5. The average Bonchev–Trinajstić information content (AvgIpc) is 3.35. The monoisotopic (exact) mass is 387 g/mol. The molecule has 0 saturated carbocycles. The van der Waals surface area contributed by atoms with Crippen molar-refractivity contribution in [2.45, 2.75) is 41.5 Å². The van der Waals surface area contributed by atoms with Crippen LogP contribution in [0.1, 0.15) is 41.5 Å². The molecule has 3 heteroatoms. The summed E-state index contributed by atoms with van der Waals surface area (Å²) in [6, 6.07) is 28.7. The molecule has 3 nitrogen and oxygen atoms in total. The Balaban J connectivity index is 0.000000644. The van der Waals surface area contributed by atoms with E-state index in [1.54, 1.807) is 0 Å². The van der Waals surface area contributed by atoms with E-state index in [-0.39, 0.29) is 0 Å². The number of hydrogen-bond acceptors (Lipinski definition) is 2. The van der Waals surface area contributed by atoms with E-state index in [0.29, 0.717) is 5.82 Å². The summed E-state index contributed by atoms with van der Waals surface area (Å²) in [5.74, 6) is 1.50. The van der Waals surface area contributed by atoms with Gasteiger partial charge in [-0.2, -0.15) is 5.10 Å². The van der Waals surface area contributed by atoms with Crippen molar-refractivity contribution in [2.75, 3.05) is 0 Å². The highest BCUT2D eigenvalue weighted by Crippen LogP contribution is 2.24. The van der Waals surface area contributed by atoms with Crippen LogP contribution in [-0.2, 0) is 0 Å². The summed E-state index contributed by atoms with van der Waals surface area (Å²) in [5, 5.41) is 7.33. The Morgan fingerprint density at radius 1 is 0.483 bits per heavy atom. The summed E-state index contributed by atoms with van der Waals surface area (Å²) in [6.07, 6.45) is 0. The second-order valence-electron chi connectivity index (χ2n) is 5.32. The lowest BCUT2D eigenvalue weighted by atomic mass is 10.0. The molecule has 3 aromatic carbocycles. The van der Waals surface area contributed by atoms with Gasteiger partial charge in [0.05, 0.1) is 0 Å². The lowest BCUT2D eigenvalue weighted by Gasteiger charge is -2.02. The van der Waals surface area contributed by atoms with Gasteiger partial charge in [-0.25, -0.2) is 4.98 Å². The molecule has 4 aromatic rings. The molecule has 1 heterocycles. The molecule has 29 heavy (non-hydrogen) atoms. The van der Waals surface area contributed by atoms with E-state index in [4.69, 9.17) is 0 Å². The number of nitrogens with zero attached hydrogens (tertiary/aromatic N) is 2. The fourth-order valence-electron chi connectivity index (χ4n) is 2.56. The van der Waals surface area contributed by atoms with Crippen molar-refractivity contribution in [3.8, 4) is 33.9 Å². The standard InChI is InChI=1S/C20H15N3.3C2H6/c1-3-7-15(8-4-1)16-11-13-18(14-12-16)20-21-19(22-23-20)17-9-5-2-6-10-17;3*1-2/h1-14H,(H,21,22,23);3*1-2H3. The van der Waals surface area contributed by atoms with Gasteiger partial charge in [0, 0.05) is 11.1 Å². The molecule has 0 atom stereocenters. The molecular formula is C26H33N3. The minimum Gasteiger partial charge on any atom is -0.259 e. The second-order valence-corrected chi connectivity index (χ2v) is 5.32. The predicted molar refractivity (Wildman–Crippen MR) is 127 cm³/mol. The van der Waals surface area contributed by atoms with Crippen LogP contribution in [0.3, 0.4) is 0 Å². The summed E-state index contributed by atoms with van der Waals surface area (Å²) < 4.78 is 0. The van der Waals surface area contributed by atoms with Crippen molar-refractivity contribution in [3.63, 3.8) is 0 Å². The number of aromatic amines is 1. The Kier molecular flexibility index (Phi) is 11.4. The summed E-state index contributed by atoms with van der Waals surface area (Å²) >= 11 is 0. The number of benzene rings is 3. The largest absolute Gasteiger partial charge is 0.259 e. The van der Waals surface area contributed by atoms with E-state index >= 15 is 0 Å². The van der Waals surface area contributed by atoms with Crippen molar-refractivity contribution in [1.82, 2.24) is 15.2 Å². The van der Waals surface area contributed by atoms with Crippen molar-refractivity contribution in [1.29, 1.82) is 0 Å².